The van der Waals surface area contributed by atoms with Crippen LogP contribution in [0.2, 0.25) is 0 Å². The normalized spacial score (nSPS) is 10.7. The molecule has 0 saturated carbocycles. The van der Waals surface area contributed by atoms with Gasteiger partial charge in [-0.25, -0.2) is 0 Å². The summed E-state index contributed by atoms with van der Waals surface area (Å²) < 4.78 is 1.93. The van der Waals surface area contributed by atoms with Crippen LogP contribution >= 0.6 is 11.8 Å². The van der Waals surface area contributed by atoms with E-state index in [0.717, 1.165) is 11.1 Å². The maximum Gasteiger partial charge on any atom is 0.234 e. The summed E-state index contributed by atoms with van der Waals surface area (Å²) in [5, 5.41) is 24.3. The van der Waals surface area contributed by atoms with Gasteiger partial charge in [0, 0.05) is 29.9 Å². The molecule has 0 aliphatic carbocycles. The lowest BCUT2D eigenvalue weighted by Crippen LogP contribution is -2.16. The second kappa shape index (κ2) is 10.1. The van der Waals surface area contributed by atoms with E-state index in [-0.39, 0.29) is 23.3 Å². The van der Waals surface area contributed by atoms with Crippen LogP contribution in [0, 0.1) is 6.92 Å². The number of nitrogens with one attached hydrogen (secondary N) is 2. The van der Waals surface area contributed by atoms with Gasteiger partial charge in [-0.3, -0.25) is 9.59 Å². The smallest absolute Gasteiger partial charge is 0.234 e. The fraction of sp³-hybridized carbons (Fsp3) is 0.273. The third-order valence-corrected chi connectivity index (χ3v) is 5.57. The van der Waals surface area contributed by atoms with Crippen molar-refractivity contribution in [3.63, 3.8) is 0 Å². The van der Waals surface area contributed by atoms with Crippen LogP contribution in [-0.2, 0) is 16.1 Å². The number of phenolic OH excluding ortho intramolecular Hbond substituents is 1. The number of nitrogens with zero attached hydrogens (tertiary/aromatic N) is 3. The maximum absolute atomic E-state index is 12.5. The number of thioether (sulfide) groups is 1. The van der Waals surface area contributed by atoms with Crippen molar-refractivity contribution in [1.29, 1.82) is 0 Å². The van der Waals surface area contributed by atoms with Gasteiger partial charge in [0.25, 0.3) is 0 Å². The molecule has 3 rings (SSSR count). The Hall–Kier alpha value is -3.33. The van der Waals surface area contributed by atoms with Crippen molar-refractivity contribution in [3.8, 4) is 17.1 Å². The van der Waals surface area contributed by atoms with Crippen molar-refractivity contribution in [2.24, 2.45) is 0 Å². The molecule has 0 spiro atoms. The van der Waals surface area contributed by atoms with Gasteiger partial charge in [-0.1, -0.05) is 24.8 Å². The average Bonchev–Trinajstić information content (AvgIpc) is 3.18. The molecule has 3 aromatic rings. The summed E-state index contributed by atoms with van der Waals surface area (Å²) in [7, 11) is 0. The Morgan fingerprint density at radius 2 is 1.77 bits per heavy atom. The Morgan fingerprint density at radius 3 is 2.45 bits per heavy atom. The van der Waals surface area contributed by atoms with Crippen molar-refractivity contribution >= 4 is 35.0 Å². The maximum atomic E-state index is 12.5. The number of phenols is 1. The number of hydrogen-bond acceptors (Lipinski definition) is 6. The zero-order valence-corrected chi connectivity index (χ0v) is 18.5. The molecule has 3 N–H and O–H groups in total. The number of rotatable bonds is 8. The zero-order chi connectivity index (χ0) is 22.4. The Kier molecular flexibility index (Phi) is 7.30. The second-order valence-corrected chi connectivity index (χ2v) is 7.81. The summed E-state index contributed by atoms with van der Waals surface area (Å²) in [5.41, 5.74) is 3.06. The van der Waals surface area contributed by atoms with Crippen LogP contribution in [-0.4, -0.2) is 37.4 Å². The molecule has 0 unspecified atom stereocenters. The number of anilines is 2. The second-order valence-electron chi connectivity index (χ2n) is 6.87. The molecule has 31 heavy (non-hydrogen) atoms. The molecule has 162 valence electrons. The van der Waals surface area contributed by atoms with Crippen LogP contribution < -0.4 is 10.6 Å². The van der Waals surface area contributed by atoms with Gasteiger partial charge < -0.3 is 20.3 Å². The van der Waals surface area contributed by atoms with E-state index >= 15 is 0 Å². The molecule has 0 aliphatic rings. The first-order valence-electron chi connectivity index (χ1n) is 9.97. The molecule has 1 aromatic heterocycles. The lowest BCUT2D eigenvalue weighted by molar-refractivity contribution is -0.116. The molecular weight excluding hydrogens is 414 g/mol. The lowest BCUT2D eigenvalue weighted by Gasteiger charge is -2.11. The van der Waals surface area contributed by atoms with E-state index in [1.807, 2.05) is 24.5 Å². The Bertz CT molecular complexity index is 1080. The molecule has 0 bridgehead atoms. The molecule has 0 fully saturated rings. The molecule has 1 heterocycles. The minimum atomic E-state index is -0.182. The molecule has 0 aliphatic heterocycles. The van der Waals surface area contributed by atoms with Crippen LogP contribution in [0.15, 0.2) is 47.6 Å². The Morgan fingerprint density at radius 1 is 1.03 bits per heavy atom. The van der Waals surface area contributed by atoms with Gasteiger partial charge in [0.1, 0.15) is 5.75 Å². The predicted octanol–water partition coefficient (Wildman–Crippen LogP) is 4.06. The number of benzene rings is 2. The number of aryl methyl sites for hydroxylation is 1. The summed E-state index contributed by atoms with van der Waals surface area (Å²) in [6, 6.07) is 12.2. The average molecular weight is 440 g/mol. The third-order valence-electron chi connectivity index (χ3n) is 4.61. The summed E-state index contributed by atoms with van der Waals surface area (Å²) in [5.74, 6) is 0.772. The van der Waals surface area contributed by atoms with Gasteiger partial charge in [0.2, 0.25) is 11.8 Å². The quantitative estimate of drug-likeness (QED) is 0.457. The van der Waals surface area contributed by atoms with E-state index in [1.165, 1.54) is 11.8 Å². The Labute approximate surface area is 185 Å². The fourth-order valence-corrected chi connectivity index (χ4v) is 3.71. The summed E-state index contributed by atoms with van der Waals surface area (Å²) in [6.07, 6.45) is 0.386. The highest BCUT2D eigenvalue weighted by Gasteiger charge is 2.15. The van der Waals surface area contributed by atoms with E-state index in [1.54, 1.807) is 43.3 Å². The standard InChI is InChI=1S/C22H25N5O3S/c1-4-19(29)24-18-12-16(9-6-14(18)3)23-20(30)13-31-22-26-25-21(27(22)5-2)15-7-10-17(28)11-8-15/h6-12,28H,4-5,13H2,1-3H3,(H,23,30)(H,24,29). The first-order chi connectivity index (χ1) is 14.9. The number of hydrogen-bond donors (Lipinski definition) is 3. The van der Waals surface area contributed by atoms with Crippen molar-refractivity contribution in [3.05, 3.63) is 48.0 Å². The minimum absolute atomic E-state index is 0.0783. The highest BCUT2D eigenvalue weighted by Crippen LogP contribution is 2.26. The largest absolute Gasteiger partial charge is 0.508 e. The van der Waals surface area contributed by atoms with Crippen LogP contribution in [0.5, 0.6) is 5.75 Å². The van der Waals surface area contributed by atoms with Crippen LogP contribution in [0.1, 0.15) is 25.8 Å². The molecule has 0 atom stereocenters. The van der Waals surface area contributed by atoms with Crippen molar-refractivity contribution < 1.29 is 14.7 Å². The molecular formula is C22H25N5O3S. The molecule has 9 heteroatoms. The van der Waals surface area contributed by atoms with Gasteiger partial charge in [-0.05, 0) is 55.8 Å². The highest BCUT2D eigenvalue weighted by molar-refractivity contribution is 7.99. The van der Waals surface area contributed by atoms with Gasteiger partial charge >= 0.3 is 0 Å². The van der Waals surface area contributed by atoms with E-state index in [4.69, 9.17) is 0 Å². The van der Waals surface area contributed by atoms with E-state index in [9.17, 15) is 14.7 Å². The molecule has 2 aromatic carbocycles. The topological polar surface area (TPSA) is 109 Å². The first-order valence-corrected chi connectivity index (χ1v) is 11.0. The van der Waals surface area contributed by atoms with E-state index in [2.05, 4.69) is 20.8 Å². The molecule has 2 amide bonds. The van der Waals surface area contributed by atoms with Crippen LogP contribution in [0.3, 0.4) is 0 Å². The zero-order valence-electron chi connectivity index (χ0n) is 17.7. The number of aromatic nitrogens is 3. The lowest BCUT2D eigenvalue weighted by atomic mass is 10.1. The van der Waals surface area contributed by atoms with Crippen LogP contribution in [0.25, 0.3) is 11.4 Å². The third kappa shape index (κ3) is 5.64. The minimum Gasteiger partial charge on any atom is -0.508 e. The monoisotopic (exact) mass is 439 g/mol. The van der Waals surface area contributed by atoms with Crippen molar-refractivity contribution in [2.45, 2.75) is 38.9 Å². The number of carbonyl (C=O) groups is 2. The fourth-order valence-electron chi connectivity index (χ4n) is 2.90. The van der Waals surface area contributed by atoms with Gasteiger partial charge in [0.05, 0.1) is 5.75 Å². The highest BCUT2D eigenvalue weighted by atomic mass is 32.2. The molecule has 8 nitrogen and oxygen atoms in total. The van der Waals surface area contributed by atoms with Crippen molar-refractivity contribution in [2.75, 3.05) is 16.4 Å². The van der Waals surface area contributed by atoms with Gasteiger partial charge in [-0.15, -0.1) is 10.2 Å². The summed E-state index contributed by atoms with van der Waals surface area (Å²) in [6.45, 7) is 6.31. The van der Waals surface area contributed by atoms with Crippen molar-refractivity contribution in [1.82, 2.24) is 14.8 Å². The Balaban J connectivity index is 1.65. The number of aromatic hydroxyl groups is 1. The van der Waals surface area contributed by atoms with Gasteiger partial charge in [0.15, 0.2) is 11.0 Å². The predicted molar refractivity (Wildman–Crippen MR) is 122 cm³/mol. The molecule has 0 radical (unpaired) electrons. The first kappa shape index (κ1) is 22.4. The summed E-state index contributed by atoms with van der Waals surface area (Å²) >= 11 is 1.30. The van der Waals surface area contributed by atoms with E-state index < -0.39 is 0 Å². The summed E-state index contributed by atoms with van der Waals surface area (Å²) in [4.78, 5) is 24.1. The van der Waals surface area contributed by atoms with Gasteiger partial charge in [-0.2, -0.15) is 0 Å². The number of carbonyl (C=O) groups excluding carboxylic acids is 2. The van der Waals surface area contributed by atoms with Crippen LogP contribution in [0.4, 0.5) is 11.4 Å². The SMILES string of the molecule is CCC(=O)Nc1cc(NC(=O)CSc2nnc(-c3ccc(O)cc3)n2CC)ccc1C. The number of amides is 2. The molecule has 0 saturated heterocycles. The van der Waals surface area contributed by atoms with E-state index in [0.29, 0.717) is 35.3 Å².